The molecule has 2 N–H and O–H groups in total. The topological polar surface area (TPSA) is 118 Å². The number of methoxy groups -OCH3 is 1. The van der Waals surface area contributed by atoms with Crippen molar-refractivity contribution in [1.29, 1.82) is 0 Å². The lowest BCUT2D eigenvalue weighted by molar-refractivity contribution is -0.134. The molecule has 1 fully saturated rings. The van der Waals surface area contributed by atoms with E-state index in [1.807, 2.05) is 30.3 Å². The van der Waals surface area contributed by atoms with Gasteiger partial charge in [-0.2, -0.15) is 16.1 Å². The van der Waals surface area contributed by atoms with Gasteiger partial charge in [0.2, 0.25) is 15.9 Å². The predicted octanol–water partition coefficient (Wildman–Crippen LogP) is 3.21. The summed E-state index contributed by atoms with van der Waals surface area (Å²) in [5, 5.41) is 10.1. The van der Waals surface area contributed by atoms with Crippen LogP contribution >= 0.6 is 11.8 Å². The first kappa shape index (κ1) is 25.2. The van der Waals surface area contributed by atoms with Gasteiger partial charge in [0.25, 0.3) is 5.91 Å². The lowest BCUT2D eigenvalue weighted by Crippen LogP contribution is -2.61. The van der Waals surface area contributed by atoms with Crippen molar-refractivity contribution in [2.45, 2.75) is 36.1 Å². The van der Waals surface area contributed by atoms with Gasteiger partial charge < -0.3 is 9.47 Å². The van der Waals surface area contributed by atoms with Gasteiger partial charge in [0.05, 0.1) is 17.5 Å². The van der Waals surface area contributed by atoms with Crippen molar-refractivity contribution in [3.63, 3.8) is 0 Å². The van der Waals surface area contributed by atoms with Crippen LogP contribution < -0.4 is 15.0 Å². The number of hydrogen-bond donors (Lipinski definition) is 2. The third-order valence-corrected chi connectivity index (χ3v) is 9.14. The van der Waals surface area contributed by atoms with Crippen LogP contribution in [-0.2, 0) is 21.4 Å². The number of carbonyl (C=O) groups is 1. The molecular formula is C24H27N3O6S2. The van der Waals surface area contributed by atoms with Crippen molar-refractivity contribution in [3.05, 3.63) is 60.2 Å². The average molecular weight is 518 g/mol. The van der Waals surface area contributed by atoms with Crippen LogP contribution in [0, 0.1) is 0 Å². The van der Waals surface area contributed by atoms with Crippen LogP contribution in [0.2, 0.25) is 0 Å². The third-order valence-electron chi connectivity index (χ3n) is 5.90. The predicted molar refractivity (Wildman–Crippen MR) is 133 cm³/mol. The molecule has 0 spiro atoms. The molecule has 9 nitrogen and oxygen atoms in total. The molecule has 1 atom stereocenters. The summed E-state index contributed by atoms with van der Waals surface area (Å²) >= 11 is 1.49. The molecule has 4 rings (SSSR count). The molecular weight excluding hydrogens is 490 g/mol. The van der Waals surface area contributed by atoms with Crippen LogP contribution in [0.4, 0.5) is 0 Å². The van der Waals surface area contributed by atoms with E-state index in [1.165, 1.54) is 23.9 Å². The van der Waals surface area contributed by atoms with Gasteiger partial charge in [-0.25, -0.2) is 18.9 Å². The quantitative estimate of drug-likeness (QED) is 0.362. The number of pyridine rings is 1. The normalized spacial score (nSPS) is 18.2. The number of nitrogens with zero attached hydrogens (tertiary/aromatic N) is 2. The van der Waals surface area contributed by atoms with Crippen LogP contribution in [0.15, 0.2) is 59.5 Å². The number of amides is 1. The molecule has 0 radical (unpaired) electrons. The Kier molecular flexibility index (Phi) is 7.22. The second kappa shape index (κ2) is 10.0. The Balaban J connectivity index is 1.55. The monoisotopic (exact) mass is 517 g/mol. The summed E-state index contributed by atoms with van der Waals surface area (Å²) in [5.41, 5.74) is 3.29. The van der Waals surface area contributed by atoms with Gasteiger partial charge in [0, 0.05) is 34.1 Å². The number of rotatable bonds is 7. The van der Waals surface area contributed by atoms with Crippen molar-refractivity contribution in [3.8, 4) is 11.6 Å². The standard InChI is InChI=1S/C24H27N3O6S2/c1-24(2)22(23(28)26-29)27(12-13-34-24)35(30,31)18-10-8-17(9-11-18)33-15-16-14-21(32-3)25-20-7-5-4-6-19(16)20/h4-11,14,22,29H,12-13,15H2,1-3H3,(H,26,28)/t22-/m0/s1. The summed E-state index contributed by atoms with van der Waals surface area (Å²) in [6, 6.07) is 14.5. The second-order valence-electron chi connectivity index (χ2n) is 8.55. The Bertz CT molecular complexity index is 1330. The fraction of sp³-hybridized carbons (Fsp3) is 0.333. The number of hydroxylamine groups is 1. The molecule has 2 aromatic carbocycles. The van der Waals surface area contributed by atoms with Crippen molar-refractivity contribution in [1.82, 2.24) is 14.8 Å². The maximum absolute atomic E-state index is 13.4. The Morgan fingerprint density at radius 2 is 1.94 bits per heavy atom. The maximum Gasteiger partial charge on any atom is 0.263 e. The van der Waals surface area contributed by atoms with E-state index < -0.39 is 26.7 Å². The Morgan fingerprint density at radius 1 is 1.23 bits per heavy atom. The number of fused-ring (bicyclic) bond motifs is 1. The smallest absolute Gasteiger partial charge is 0.263 e. The average Bonchev–Trinajstić information content (AvgIpc) is 2.86. The highest BCUT2D eigenvalue weighted by Crippen LogP contribution is 2.38. The van der Waals surface area contributed by atoms with Crippen LogP contribution in [0.3, 0.4) is 0 Å². The molecule has 0 aliphatic carbocycles. The first-order valence-corrected chi connectivity index (χ1v) is 13.4. The highest BCUT2D eigenvalue weighted by atomic mass is 32.2. The fourth-order valence-electron chi connectivity index (χ4n) is 4.17. The van der Waals surface area contributed by atoms with Gasteiger partial charge in [-0.3, -0.25) is 10.0 Å². The van der Waals surface area contributed by atoms with E-state index in [-0.39, 0.29) is 18.0 Å². The van der Waals surface area contributed by atoms with Gasteiger partial charge in [0.1, 0.15) is 18.4 Å². The lowest BCUT2D eigenvalue weighted by Gasteiger charge is -2.43. The minimum absolute atomic E-state index is 0.0410. The van der Waals surface area contributed by atoms with E-state index in [0.717, 1.165) is 20.8 Å². The SMILES string of the molecule is COc1cc(COc2ccc(S(=O)(=O)N3CCSC(C)(C)[C@@H]3C(=O)NO)cc2)c2ccccc2n1. The van der Waals surface area contributed by atoms with Gasteiger partial charge in [0.15, 0.2) is 0 Å². The van der Waals surface area contributed by atoms with Crippen molar-refractivity contribution >= 4 is 38.6 Å². The number of benzene rings is 2. The number of aromatic nitrogens is 1. The molecule has 35 heavy (non-hydrogen) atoms. The van der Waals surface area contributed by atoms with Gasteiger partial charge >= 0.3 is 0 Å². The fourth-order valence-corrected chi connectivity index (χ4v) is 7.28. The number of hydrogen-bond acceptors (Lipinski definition) is 8. The van der Waals surface area contributed by atoms with Crippen LogP contribution in [0.1, 0.15) is 19.4 Å². The van der Waals surface area contributed by atoms with Gasteiger partial charge in [-0.1, -0.05) is 18.2 Å². The van der Waals surface area contributed by atoms with Crippen LogP contribution in [-0.4, -0.2) is 59.0 Å². The molecule has 0 unspecified atom stereocenters. The van der Waals surface area contributed by atoms with E-state index in [4.69, 9.17) is 9.47 Å². The van der Waals surface area contributed by atoms with E-state index in [2.05, 4.69) is 4.98 Å². The van der Waals surface area contributed by atoms with Crippen LogP contribution in [0.25, 0.3) is 10.9 Å². The molecule has 1 saturated heterocycles. The maximum atomic E-state index is 13.4. The molecule has 0 saturated carbocycles. The minimum atomic E-state index is -3.99. The highest BCUT2D eigenvalue weighted by molar-refractivity contribution is 8.00. The largest absolute Gasteiger partial charge is 0.489 e. The van der Waals surface area contributed by atoms with E-state index in [1.54, 1.807) is 38.6 Å². The summed E-state index contributed by atoms with van der Waals surface area (Å²) in [7, 11) is -2.44. The number of ether oxygens (including phenoxy) is 2. The Morgan fingerprint density at radius 3 is 2.63 bits per heavy atom. The van der Waals surface area contributed by atoms with E-state index in [9.17, 15) is 18.4 Å². The molecule has 186 valence electrons. The first-order chi connectivity index (χ1) is 16.7. The Hall–Kier alpha value is -2.86. The first-order valence-electron chi connectivity index (χ1n) is 10.9. The van der Waals surface area contributed by atoms with Gasteiger partial charge in [-0.05, 0) is 44.2 Å². The molecule has 1 aliphatic rings. The second-order valence-corrected chi connectivity index (χ2v) is 12.2. The number of carbonyl (C=O) groups excluding carboxylic acids is 1. The number of thioether (sulfide) groups is 1. The van der Waals surface area contributed by atoms with Crippen molar-refractivity contribution in [2.24, 2.45) is 0 Å². The molecule has 2 heterocycles. The molecule has 1 amide bonds. The third kappa shape index (κ3) is 5.08. The zero-order valence-electron chi connectivity index (χ0n) is 19.6. The van der Waals surface area contributed by atoms with Crippen molar-refractivity contribution in [2.75, 3.05) is 19.4 Å². The number of para-hydroxylation sites is 1. The molecule has 11 heteroatoms. The van der Waals surface area contributed by atoms with E-state index >= 15 is 0 Å². The summed E-state index contributed by atoms with van der Waals surface area (Å²) in [6.07, 6.45) is 0. The van der Waals surface area contributed by atoms with Gasteiger partial charge in [-0.15, -0.1) is 0 Å². The highest BCUT2D eigenvalue weighted by Gasteiger charge is 2.48. The Labute approximate surface area is 208 Å². The molecule has 0 bridgehead atoms. The van der Waals surface area contributed by atoms with Crippen molar-refractivity contribution < 1.29 is 27.9 Å². The summed E-state index contributed by atoms with van der Waals surface area (Å²) in [5.74, 6) is 0.743. The lowest BCUT2D eigenvalue weighted by atomic mass is 10.0. The zero-order valence-corrected chi connectivity index (χ0v) is 21.2. The summed E-state index contributed by atoms with van der Waals surface area (Å²) in [4.78, 5) is 16.8. The minimum Gasteiger partial charge on any atom is -0.489 e. The number of sulfonamides is 1. The molecule has 3 aromatic rings. The summed E-state index contributed by atoms with van der Waals surface area (Å²) < 4.78 is 38.5. The van der Waals surface area contributed by atoms with E-state index in [0.29, 0.717) is 17.4 Å². The zero-order chi connectivity index (χ0) is 25.2. The summed E-state index contributed by atoms with van der Waals surface area (Å²) in [6.45, 7) is 3.97. The van der Waals surface area contributed by atoms with Crippen LogP contribution in [0.5, 0.6) is 11.6 Å². The molecule has 1 aliphatic heterocycles. The molecule has 1 aromatic heterocycles. The number of nitrogens with one attached hydrogen (secondary N) is 1.